The van der Waals surface area contributed by atoms with E-state index in [0.717, 1.165) is 12.0 Å². The lowest BCUT2D eigenvalue weighted by atomic mass is 10.0. The van der Waals surface area contributed by atoms with Gasteiger partial charge in [0, 0.05) is 18.7 Å². The van der Waals surface area contributed by atoms with Crippen molar-refractivity contribution in [3.05, 3.63) is 71.3 Å². The molecule has 0 spiro atoms. The van der Waals surface area contributed by atoms with E-state index >= 15 is 0 Å². The summed E-state index contributed by atoms with van der Waals surface area (Å²) >= 11 is 0. The summed E-state index contributed by atoms with van der Waals surface area (Å²) in [6.45, 7) is 1.18. The SMILES string of the molecule is O=C(NC(=O)N1CCc2ccccc2C1)c1ccccc1. The van der Waals surface area contributed by atoms with E-state index in [2.05, 4.69) is 11.4 Å². The van der Waals surface area contributed by atoms with Crippen LogP contribution in [0.15, 0.2) is 54.6 Å². The number of hydrogen-bond acceptors (Lipinski definition) is 2. The first-order chi connectivity index (χ1) is 10.2. The van der Waals surface area contributed by atoms with E-state index in [-0.39, 0.29) is 11.9 Å². The van der Waals surface area contributed by atoms with Crippen LogP contribution in [0.3, 0.4) is 0 Å². The van der Waals surface area contributed by atoms with Crippen LogP contribution in [0, 0.1) is 0 Å². The van der Waals surface area contributed by atoms with Crippen molar-refractivity contribution in [2.75, 3.05) is 6.54 Å². The second-order valence-corrected chi connectivity index (χ2v) is 5.07. The molecule has 0 radical (unpaired) electrons. The van der Waals surface area contributed by atoms with Gasteiger partial charge in [0.2, 0.25) is 0 Å². The number of nitrogens with zero attached hydrogens (tertiary/aromatic N) is 1. The van der Waals surface area contributed by atoms with Crippen molar-refractivity contribution in [1.29, 1.82) is 0 Å². The first-order valence-corrected chi connectivity index (χ1v) is 6.96. The lowest BCUT2D eigenvalue weighted by Gasteiger charge is -2.28. The monoisotopic (exact) mass is 280 g/mol. The first-order valence-electron chi connectivity index (χ1n) is 6.96. The van der Waals surface area contributed by atoms with Gasteiger partial charge in [0.1, 0.15) is 0 Å². The number of carbonyl (C=O) groups is 2. The number of fused-ring (bicyclic) bond motifs is 1. The number of rotatable bonds is 1. The van der Waals surface area contributed by atoms with Crippen molar-refractivity contribution in [3.63, 3.8) is 0 Å². The van der Waals surface area contributed by atoms with Crippen LogP contribution in [0.4, 0.5) is 4.79 Å². The number of amides is 3. The fourth-order valence-electron chi connectivity index (χ4n) is 2.51. The standard InChI is InChI=1S/C17H16N2O2/c20-16(14-7-2-1-3-8-14)18-17(21)19-11-10-13-6-4-5-9-15(13)12-19/h1-9H,10-12H2,(H,18,20,21). The normalized spacial score (nSPS) is 13.4. The smallest absolute Gasteiger partial charge is 0.320 e. The lowest BCUT2D eigenvalue weighted by molar-refractivity contribution is 0.0950. The molecule has 2 aromatic carbocycles. The average molecular weight is 280 g/mol. The maximum absolute atomic E-state index is 12.2. The average Bonchev–Trinajstić information content (AvgIpc) is 2.55. The minimum absolute atomic E-state index is 0.335. The zero-order chi connectivity index (χ0) is 14.7. The first kappa shape index (κ1) is 13.4. The predicted octanol–water partition coefficient (Wildman–Crippen LogP) is 2.59. The molecule has 0 saturated heterocycles. The van der Waals surface area contributed by atoms with Crippen molar-refractivity contribution >= 4 is 11.9 Å². The van der Waals surface area contributed by atoms with Crippen LogP contribution in [0.2, 0.25) is 0 Å². The highest BCUT2D eigenvalue weighted by Crippen LogP contribution is 2.18. The van der Waals surface area contributed by atoms with Gasteiger partial charge in [-0.15, -0.1) is 0 Å². The number of nitrogens with one attached hydrogen (secondary N) is 1. The van der Waals surface area contributed by atoms with Crippen molar-refractivity contribution in [2.45, 2.75) is 13.0 Å². The largest absolute Gasteiger partial charge is 0.324 e. The van der Waals surface area contributed by atoms with Gasteiger partial charge in [-0.1, -0.05) is 42.5 Å². The highest BCUT2D eigenvalue weighted by Gasteiger charge is 2.21. The fourth-order valence-corrected chi connectivity index (χ4v) is 2.51. The molecule has 0 saturated carbocycles. The van der Waals surface area contributed by atoms with Gasteiger partial charge in [-0.25, -0.2) is 4.79 Å². The summed E-state index contributed by atoms with van der Waals surface area (Å²) in [5.41, 5.74) is 2.91. The maximum atomic E-state index is 12.2. The Labute approximate surface area is 123 Å². The van der Waals surface area contributed by atoms with Crippen molar-refractivity contribution < 1.29 is 9.59 Å². The molecule has 1 N–H and O–H groups in total. The highest BCUT2D eigenvalue weighted by atomic mass is 16.2. The van der Waals surface area contributed by atoms with Crippen LogP contribution in [0.25, 0.3) is 0 Å². The van der Waals surface area contributed by atoms with Crippen LogP contribution in [0.5, 0.6) is 0 Å². The Hall–Kier alpha value is -2.62. The topological polar surface area (TPSA) is 49.4 Å². The van der Waals surface area contributed by atoms with Crippen molar-refractivity contribution in [2.24, 2.45) is 0 Å². The summed E-state index contributed by atoms with van der Waals surface area (Å²) in [5.74, 6) is -0.362. The number of urea groups is 1. The summed E-state index contributed by atoms with van der Waals surface area (Å²) in [6.07, 6.45) is 0.823. The van der Waals surface area contributed by atoms with Crippen molar-refractivity contribution in [1.82, 2.24) is 10.2 Å². The van der Waals surface area contributed by atoms with Gasteiger partial charge in [-0.05, 0) is 29.7 Å². The summed E-state index contributed by atoms with van der Waals surface area (Å²) in [6, 6.07) is 16.5. The molecular formula is C17H16N2O2. The van der Waals surface area contributed by atoms with Crippen LogP contribution < -0.4 is 5.32 Å². The molecule has 106 valence electrons. The molecular weight excluding hydrogens is 264 g/mol. The molecule has 1 aliphatic rings. The van der Waals surface area contributed by atoms with Gasteiger partial charge in [0.15, 0.2) is 0 Å². The Morgan fingerprint density at radius 3 is 2.33 bits per heavy atom. The van der Waals surface area contributed by atoms with Crippen LogP contribution in [0.1, 0.15) is 21.5 Å². The minimum Gasteiger partial charge on any atom is -0.320 e. The Morgan fingerprint density at radius 2 is 1.57 bits per heavy atom. The van der Waals surface area contributed by atoms with E-state index in [1.807, 2.05) is 24.3 Å². The molecule has 0 atom stereocenters. The molecule has 21 heavy (non-hydrogen) atoms. The molecule has 0 bridgehead atoms. The molecule has 1 aliphatic heterocycles. The van der Waals surface area contributed by atoms with E-state index in [0.29, 0.717) is 18.7 Å². The van der Waals surface area contributed by atoms with Gasteiger partial charge in [-0.3, -0.25) is 10.1 Å². The molecule has 0 unspecified atom stereocenters. The lowest BCUT2D eigenvalue weighted by Crippen LogP contribution is -2.45. The van der Waals surface area contributed by atoms with Crippen LogP contribution in [-0.4, -0.2) is 23.4 Å². The molecule has 3 rings (SSSR count). The minimum atomic E-state index is -0.362. The number of hydrogen-bond donors (Lipinski definition) is 1. The molecule has 0 aliphatic carbocycles. The van der Waals surface area contributed by atoms with Gasteiger partial charge < -0.3 is 4.90 Å². The zero-order valence-corrected chi connectivity index (χ0v) is 11.6. The number of benzene rings is 2. The fraction of sp³-hybridized carbons (Fsp3) is 0.176. The number of carbonyl (C=O) groups excluding carboxylic acids is 2. The van der Waals surface area contributed by atoms with Gasteiger partial charge in [0.25, 0.3) is 5.91 Å². The maximum Gasteiger partial charge on any atom is 0.324 e. The Balaban J connectivity index is 1.66. The Morgan fingerprint density at radius 1 is 0.905 bits per heavy atom. The Bertz CT molecular complexity index is 668. The van der Waals surface area contributed by atoms with E-state index in [9.17, 15) is 9.59 Å². The van der Waals surface area contributed by atoms with Crippen LogP contribution >= 0.6 is 0 Å². The summed E-state index contributed by atoms with van der Waals surface area (Å²) in [4.78, 5) is 25.8. The van der Waals surface area contributed by atoms with E-state index in [1.54, 1.807) is 29.2 Å². The zero-order valence-electron chi connectivity index (χ0n) is 11.6. The van der Waals surface area contributed by atoms with Gasteiger partial charge >= 0.3 is 6.03 Å². The summed E-state index contributed by atoms with van der Waals surface area (Å²) in [7, 11) is 0. The molecule has 4 heteroatoms. The molecule has 0 fully saturated rings. The van der Waals surface area contributed by atoms with Gasteiger partial charge in [-0.2, -0.15) is 0 Å². The third kappa shape index (κ3) is 2.94. The second kappa shape index (κ2) is 5.79. The number of imide groups is 1. The molecule has 2 aromatic rings. The molecule has 0 aromatic heterocycles. The third-order valence-corrected chi connectivity index (χ3v) is 3.67. The van der Waals surface area contributed by atoms with Crippen molar-refractivity contribution in [3.8, 4) is 0 Å². The summed E-state index contributed by atoms with van der Waals surface area (Å²) < 4.78 is 0. The highest BCUT2D eigenvalue weighted by molar-refractivity contribution is 6.04. The second-order valence-electron chi connectivity index (χ2n) is 5.07. The summed E-state index contributed by atoms with van der Waals surface area (Å²) in [5, 5.41) is 2.44. The van der Waals surface area contributed by atoms with E-state index < -0.39 is 0 Å². The molecule has 3 amide bonds. The predicted molar refractivity (Wildman–Crippen MR) is 79.9 cm³/mol. The van der Waals surface area contributed by atoms with Gasteiger partial charge in [0.05, 0.1) is 0 Å². The molecule has 4 nitrogen and oxygen atoms in total. The quantitative estimate of drug-likeness (QED) is 0.873. The third-order valence-electron chi connectivity index (χ3n) is 3.67. The van der Waals surface area contributed by atoms with Crippen LogP contribution in [-0.2, 0) is 13.0 Å². The molecule has 1 heterocycles. The Kier molecular flexibility index (Phi) is 3.69. The van der Waals surface area contributed by atoms with E-state index in [1.165, 1.54) is 5.56 Å². The van der Waals surface area contributed by atoms with E-state index in [4.69, 9.17) is 0 Å².